The fourth-order valence-electron chi connectivity index (χ4n) is 4.38. The minimum atomic E-state index is -0.253. The summed E-state index contributed by atoms with van der Waals surface area (Å²) in [6.07, 6.45) is 0.844. The van der Waals surface area contributed by atoms with Crippen molar-refractivity contribution in [3.05, 3.63) is 70.3 Å². The van der Waals surface area contributed by atoms with Crippen LogP contribution in [-0.2, 0) is 11.3 Å². The van der Waals surface area contributed by atoms with E-state index in [1.54, 1.807) is 12.1 Å². The molecule has 1 fully saturated rings. The van der Waals surface area contributed by atoms with E-state index in [9.17, 15) is 14.4 Å². The normalized spacial score (nSPS) is 16.7. The fraction of sp³-hybridized carbons (Fsp3) is 0.400. The van der Waals surface area contributed by atoms with Crippen LogP contribution in [0.5, 0.6) is 0 Å². The summed E-state index contributed by atoms with van der Waals surface area (Å²) in [5, 5.41) is 0. The summed E-state index contributed by atoms with van der Waals surface area (Å²) in [5.41, 5.74) is 4.46. The van der Waals surface area contributed by atoms with Crippen LogP contribution in [0.15, 0.2) is 42.5 Å². The van der Waals surface area contributed by atoms with Crippen LogP contribution in [0.25, 0.3) is 0 Å². The fourth-order valence-corrected chi connectivity index (χ4v) is 4.38. The van der Waals surface area contributed by atoms with Crippen LogP contribution < -0.4 is 0 Å². The molecule has 0 unspecified atom stereocenters. The zero-order chi connectivity index (χ0) is 22.0. The van der Waals surface area contributed by atoms with Gasteiger partial charge in [-0.3, -0.25) is 24.2 Å². The highest BCUT2D eigenvalue weighted by atomic mass is 16.2. The number of carbonyl (C=O) groups excluding carboxylic acids is 3. The molecule has 0 aliphatic carbocycles. The molecular formula is C25H29N3O3. The summed E-state index contributed by atoms with van der Waals surface area (Å²) >= 11 is 0. The number of nitrogens with zero attached hydrogens (tertiary/aromatic N) is 3. The van der Waals surface area contributed by atoms with Gasteiger partial charge in [-0.15, -0.1) is 0 Å². The van der Waals surface area contributed by atoms with Gasteiger partial charge in [-0.2, -0.15) is 0 Å². The van der Waals surface area contributed by atoms with Crippen LogP contribution in [0.4, 0.5) is 0 Å². The Labute approximate surface area is 183 Å². The van der Waals surface area contributed by atoms with Crippen molar-refractivity contribution in [1.82, 2.24) is 14.7 Å². The summed E-state index contributed by atoms with van der Waals surface area (Å²) in [7, 11) is 0. The first-order chi connectivity index (χ1) is 14.9. The molecular weight excluding hydrogens is 390 g/mol. The second kappa shape index (κ2) is 9.02. The molecule has 0 radical (unpaired) electrons. The predicted octanol–water partition coefficient (Wildman–Crippen LogP) is 3.02. The molecule has 6 heteroatoms. The maximum Gasteiger partial charge on any atom is 0.261 e. The largest absolute Gasteiger partial charge is 0.340 e. The minimum Gasteiger partial charge on any atom is -0.340 e. The molecule has 2 aromatic rings. The average Bonchev–Trinajstić information content (AvgIpc) is 2.98. The topological polar surface area (TPSA) is 60.9 Å². The Bertz CT molecular complexity index is 1010. The summed E-state index contributed by atoms with van der Waals surface area (Å²) in [4.78, 5) is 43.2. The molecule has 0 N–H and O–H groups in total. The third-order valence-corrected chi connectivity index (χ3v) is 6.11. The van der Waals surface area contributed by atoms with Crippen LogP contribution >= 0.6 is 0 Å². The number of piperazine rings is 1. The number of benzene rings is 2. The van der Waals surface area contributed by atoms with Gasteiger partial charge in [-0.05, 0) is 38.0 Å². The highest BCUT2D eigenvalue weighted by Crippen LogP contribution is 2.24. The molecule has 0 saturated carbocycles. The van der Waals surface area contributed by atoms with Crippen molar-refractivity contribution in [3.63, 3.8) is 0 Å². The quantitative estimate of drug-likeness (QED) is 0.676. The van der Waals surface area contributed by atoms with Gasteiger partial charge in [0.1, 0.15) is 0 Å². The Hall–Kier alpha value is -2.99. The molecule has 0 aromatic heterocycles. The lowest BCUT2D eigenvalue weighted by Gasteiger charge is -2.35. The first kappa shape index (κ1) is 21.2. The molecule has 2 aliphatic heterocycles. The van der Waals surface area contributed by atoms with Gasteiger partial charge < -0.3 is 4.90 Å². The van der Waals surface area contributed by atoms with Gasteiger partial charge in [0.25, 0.3) is 11.8 Å². The maximum atomic E-state index is 12.6. The van der Waals surface area contributed by atoms with Crippen LogP contribution in [0.1, 0.15) is 50.2 Å². The summed E-state index contributed by atoms with van der Waals surface area (Å²) < 4.78 is 0. The summed E-state index contributed by atoms with van der Waals surface area (Å²) in [6, 6.07) is 13.9. The molecule has 1 saturated heterocycles. The van der Waals surface area contributed by atoms with Crippen LogP contribution in [-0.4, -0.2) is 65.1 Å². The van der Waals surface area contributed by atoms with E-state index in [1.807, 2.05) is 17.9 Å². The number of carbonyl (C=O) groups is 3. The molecule has 6 nitrogen and oxygen atoms in total. The first-order valence-electron chi connectivity index (χ1n) is 10.9. The zero-order valence-corrected chi connectivity index (χ0v) is 18.3. The van der Waals surface area contributed by atoms with Gasteiger partial charge in [-0.25, -0.2) is 0 Å². The van der Waals surface area contributed by atoms with E-state index < -0.39 is 0 Å². The second-order valence-corrected chi connectivity index (χ2v) is 8.56. The van der Waals surface area contributed by atoms with E-state index in [2.05, 4.69) is 36.1 Å². The third kappa shape index (κ3) is 4.69. The van der Waals surface area contributed by atoms with E-state index in [0.717, 1.165) is 38.3 Å². The Morgan fingerprint density at radius 1 is 0.871 bits per heavy atom. The lowest BCUT2D eigenvalue weighted by molar-refractivity contribution is -0.133. The lowest BCUT2D eigenvalue weighted by atomic mass is 10.1. The molecule has 31 heavy (non-hydrogen) atoms. The van der Waals surface area contributed by atoms with Gasteiger partial charge in [0, 0.05) is 45.7 Å². The highest BCUT2D eigenvalue weighted by molar-refractivity contribution is 6.21. The smallest absolute Gasteiger partial charge is 0.261 e. The van der Waals surface area contributed by atoms with Crippen molar-refractivity contribution in [3.8, 4) is 0 Å². The lowest BCUT2D eigenvalue weighted by Crippen LogP contribution is -2.48. The molecule has 4 rings (SSSR count). The molecule has 0 bridgehead atoms. The van der Waals surface area contributed by atoms with E-state index in [1.165, 1.54) is 16.0 Å². The zero-order valence-electron chi connectivity index (χ0n) is 18.3. The minimum absolute atomic E-state index is 0.0997. The monoisotopic (exact) mass is 419 g/mol. The van der Waals surface area contributed by atoms with Gasteiger partial charge in [-0.1, -0.05) is 41.5 Å². The molecule has 0 spiro atoms. The van der Waals surface area contributed by atoms with Crippen LogP contribution in [0, 0.1) is 13.8 Å². The standard InChI is InChI=1S/C25H29N3O3/c1-18-5-3-6-20(15-18)17-26-11-13-27(14-12-26)23(29)7-4-10-28-24(30)21-9-8-19(2)16-22(21)25(28)31/h3,5-6,8-9,15-16H,4,7,10-14,17H2,1-2H3. The van der Waals surface area contributed by atoms with Crippen LogP contribution in [0.2, 0.25) is 0 Å². The number of rotatable bonds is 6. The van der Waals surface area contributed by atoms with Crippen molar-refractivity contribution in [2.45, 2.75) is 33.2 Å². The predicted molar refractivity (Wildman–Crippen MR) is 119 cm³/mol. The van der Waals surface area contributed by atoms with Crippen molar-refractivity contribution in [2.75, 3.05) is 32.7 Å². The number of imide groups is 1. The van der Waals surface area contributed by atoms with E-state index in [4.69, 9.17) is 0 Å². The number of aryl methyl sites for hydroxylation is 2. The van der Waals surface area contributed by atoms with Crippen molar-refractivity contribution >= 4 is 17.7 Å². The van der Waals surface area contributed by atoms with Gasteiger partial charge in [0.15, 0.2) is 0 Å². The Morgan fingerprint density at radius 3 is 2.32 bits per heavy atom. The summed E-state index contributed by atoms with van der Waals surface area (Å²) in [5.74, 6) is -0.402. The van der Waals surface area contributed by atoms with E-state index in [0.29, 0.717) is 24.0 Å². The Balaban J connectivity index is 1.22. The first-order valence-corrected chi connectivity index (χ1v) is 10.9. The van der Waals surface area contributed by atoms with E-state index >= 15 is 0 Å². The summed E-state index contributed by atoms with van der Waals surface area (Å²) in [6.45, 7) is 8.35. The molecule has 0 atom stereocenters. The molecule has 162 valence electrons. The van der Waals surface area contributed by atoms with E-state index in [-0.39, 0.29) is 24.3 Å². The number of hydrogen-bond donors (Lipinski definition) is 0. The Kier molecular flexibility index (Phi) is 6.18. The molecule has 3 amide bonds. The SMILES string of the molecule is Cc1cccc(CN2CCN(C(=O)CCCN3C(=O)c4ccc(C)cc4C3=O)CC2)c1. The second-order valence-electron chi connectivity index (χ2n) is 8.56. The average molecular weight is 420 g/mol. The molecule has 2 heterocycles. The Morgan fingerprint density at radius 2 is 1.58 bits per heavy atom. The number of hydrogen-bond acceptors (Lipinski definition) is 4. The van der Waals surface area contributed by atoms with Crippen LogP contribution in [0.3, 0.4) is 0 Å². The number of amides is 3. The number of fused-ring (bicyclic) bond motifs is 1. The van der Waals surface area contributed by atoms with Gasteiger partial charge in [0.05, 0.1) is 11.1 Å². The van der Waals surface area contributed by atoms with Crippen molar-refractivity contribution in [2.24, 2.45) is 0 Å². The van der Waals surface area contributed by atoms with Crippen molar-refractivity contribution in [1.29, 1.82) is 0 Å². The molecule has 2 aromatic carbocycles. The third-order valence-electron chi connectivity index (χ3n) is 6.11. The van der Waals surface area contributed by atoms with Crippen molar-refractivity contribution < 1.29 is 14.4 Å². The van der Waals surface area contributed by atoms with Gasteiger partial charge >= 0.3 is 0 Å². The maximum absolute atomic E-state index is 12.6. The molecule has 2 aliphatic rings. The highest BCUT2D eigenvalue weighted by Gasteiger charge is 2.35. The van der Waals surface area contributed by atoms with Gasteiger partial charge in [0.2, 0.25) is 5.91 Å².